The fourth-order valence-corrected chi connectivity index (χ4v) is 1.93. The molecule has 0 saturated heterocycles. The minimum absolute atomic E-state index is 0.0846. The Labute approximate surface area is 90.9 Å². The van der Waals surface area contributed by atoms with Crippen LogP contribution in [0.1, 0.15) is 5.56 Å². The van der Waals surface area contributed by atoms with E-state index in [-0.39, 0.29) is 4.68 Å². The van der Waals surface area contributed by atoms with Gasteiger partial charge >= 0.3 is 90.7 Å². The average molecular weight is 248 g/mol. The molecule has 0 N–H and O–H groups in total. The molecule has 0 aromatic heterocycles. The van der Waals surface area contributed by atoms with Crippen LogP contribution in [0.2, 0.25) is 0 Å². The average Bonchev–Trinajstić information content (AvgIpc) is 2.18. The fourth-order valence-electron chi connectivity index (χ4n) is 1.60. The van der Waals surface area contributed by atoms with Crippen LogP contribution < -0.4 is 0 Å². The molecule has 0 heterocycles. The van der Waals surface area contributed by atoms with Crippen molar-refractivity contribution >= 4 is 31.5 Å². The Hall–Kier alpha value is -1.11. The number of benzene rings is 2. The van der Waals surface area contributed by atoms with Crippen molar-refractivity contribution in [3.63, 3.8) is 0 Å². The third-order valence-electron chi connectivity index (χ3n) is 2.21. The quantitative estimate of drug-likeness (QED) is 0.743. The Balaban J connectivity index is 2.59. The van der Waals surface area contributed by atoms with Crippen LogP contribution in [0.4, 0.5) is 0 Å². The molecule has 14 heavy (non-hydrogen) atoms. The Kier molecular flexibility index (Phi) is 2.67. The molecule has 0 atom stereocenters. The van der Waals surface area contributed by atoms with Crippen LogP contribution in [0.15, 0.2) is 42.5 Å². The molecule has 0 bridgehead atoms. The van der Waals surface area contributed by atoms with Crippen LogP contribution in [-0.2, 0) is 11.2 Å². The maximum absolute atomic E-state index is 11.0. The number of carbonyl (C=O) groups is 1. The van der Waals surface area contributed by atoms with Crippen LogP contribution in [0.3, 0.4) is 0 Å². The van der Waals surface area contributed by atoms with Crippen molar-refractivity contribution in [2.75, 3.05) is 0 Å². The summed E-state index contributed by atoms with van der Waals surface area (Å²) in [6, 6.07) is 14.2. The van der Waals surface area contributed by atoms with E-state index in [9.17, 15) is 4.79 Å². The molecule has 0 aliphatic carbocycles. The van der Waals surface area contributed by atoms with Gasteiger partial charge in [0.05, 0.1) is 0 Å². The van der Waals surface area contributed by atoms with Gasteiger partial charge in [-0.2, -0.15) is 0 Å². The van der Waals surface area contributed by atoms with Crippen molar-refractivity contribution < 1.29 is 4.79 Å². The third kappa shape index (κ3) is 1.87. The molecule has 0 spiro atoms. The second kappa shape index (κ2) is 3.95. The van der Waals surface area contributed by atoms with Gasteiger partial charge < -0.3 is 0 Å². The Morgan fingerprint density at radius 1 is 1.07 bits per heavy atom. The first kappa shape index (κ1) is 9.44. The third-order valence-corrected chi connectivity index (χ3v) is 2.52. The van der Waals surface area contributed by atoms with Gasteiger partial charge in [-0.25, -0.2) is 0 Å². The topological polar surface area (TPSA) is 17.1 Å². The summed E-state index contributed by atoms with van der Waals surface area (Å²) in [4.78, 5) is 11.0. The number of fused-ring (bicyclic) bond motifs is 1. The van der Waals surface area contributed by atoms with E-state index in [0.29, 0.717) is 6.42 Å². The molecule has 0 fully saturated rings. The number of hydrogen-bond acceptors (Lipinski definition) is 1. The first-order valence-corrected chi connectivity index (χ1v) is 5.29. The first-order chi connectivity index (χ1) is 6.77. The molecule has 2 rings (SSSR count). The summed E-state index contributed by atoms with van der Waals surface area (Å²) in [5.41, 5.74) is 1.09. The summed E-state index contributed by atoms with van der Waals surface area (Å²) < 4.78 is 0.0846. The van der Waals surface area contributed by atoms with Crippen molar-refractivity contribution in [1.29, 1.82) is 0 Å². The van der Waals surface area contributed by atoms with Gasteiger partial charge in [0.2, 0.25) is 0 Å². The van der Waals surface area contributed by atoms with Crippen LogP contribution in [0.25, 0.3) is 10.8 Å². The van der Waals surface area contributed by atoms with Crippen molar-refractivity contribution in [1.82, 2.24) is 0 Å². The molecule has 2 aromatic carbocycles. The number of hydrogen-bond donors (Lipinski definition) is 0. The predicted molar refractivity (Wildman–Crippen MR) is 58.4 cm³/mol. The fraction of sp³-hybridized carbons (Fsp3) is 0.0833. The van der Waals surface area contributed by atoms with Crippen LogP contribution in [0, 0.1) is 0 Å². The van der Waals surface area contributed by atoms with E-state index in [1.165, 1.54) is 10.8 Å². The van der Waals surface area contributed by atoms with Gasteiger partial charge in [0.1, 0.15) is 0 Å². The summed E-state index contributed by atoms with van der Waals surface area (Å²) >= 11 is 2.51. The van der Waals surface area contributed by atoms with Gasteiger partial charge in [0, 0.05) is 0 Å². The zero-order chi connectivity index (χ0) is 9.97. The van der Waals surface area contributed by atoms with Crippen molar-refractivity contribution in [2.45, 2.75) is 6.42 Å². The molecule has 2 heteroatoms. The predicted octanol–water partition coefficient (Wildman–Crippen LogP) is 2.08. The van der Waals surface area contributed by atoms with Gasteiger partial charge in [0.25, 0.3) is 0 Å². The summed E-state index contributed by atoms with van der Waals surface area (Å²) in [5.74, 6) is 0. The SMILES string of the molecule is O=C([Se])Cc1cccc2ccccc12. The molecule has 1 nitrogen and oxygen atoms in total. The molecular formula is C12H9OSe. The standard InChI is InChI=1S/C12H9OSe/c13-12(14)8-10-6-3-5-9-4-1-2-7-11(9)10/h1-7H,8H2. The van der Waals surface area contributed by atoms with Gasteiger partial charge in [-0.1, -0.05) is 0 Å². The van der Waals surface area contributed by atoms with E-state index in [1.807, 2.05) is 30.3 Å². The van der Waals surface area contributed by atoms with Crippen molar-refractivity contribution in [2.24, 2.45) is 0 Å². The normalized spacial score (nSPS) is 10.3. The van der Waals surface area contributed by atoms with E-state index in [2.05, 4.69) is 28.1 Å². The molecule has 2 aromatic rings. The zero-order valence-corrected chi connectivity index (χ0v) is 9.28. The van der Waals surface area contributed by atoms with Gasteiger partial charge in [-0.15, -0.1) is 0 Å². The van der Waals surface area contributed by atoms with E-state index in [4.69, 9.17) is 0 Å². The molecule has 1 radical (unpaired) electrons. The minimum atomic E-state index is 0.0846. The molecule has 0 amide bonds. The molecular weight excluding hydrogens is 239 g/mol. The molecule has 69 valence electrons. The Bertz CT molecular complexity index is 471. The Morgan fingerprint density at radius 2 is 1.79 bits per heavy atom. The second-order valence-electron chi connectivity index (χ2n) is 3.19. The van der Waals surface area contributed by atoms with Crippen LogP contribution >= 0.6 is 0 Å². The first-order valence-electron chi connectivity index (χ1n) is 4.44. The van der Waals surface area contributed by atoms with Crippen molar-refractivity contribution in [3.05, 3.63) is 48.0 Å². The second-order valence-corrected chi connectivity index (χ2v) is 4.14. The molecule has 0 unspecified atom stereocenters. The van der Waals surface area contributed by atoms with E-state index in [1.54, 1.807) is 0 Å². The maximum atomic E-state index is 11.0. The zero-order valence-electron chi connectivity index (χ0n) is 7.57. The monoisotopic (exact) mass is 249 g/mol. The molecule has 0 saturated carbocycles. The van der Waals surface area contributed by atoms with Crippen molar-refractivity contribution in [3.8, 4) is 0 Å². The molecule has 0 aliphatic rings. The summed E-state index contributed by atoms with van der Waals surface area (Å²) in [7, 11) is 0. The van der Waals surface area contributed by atoms with Gasteiger partial charge in [-0.05, 0) is 0 Å². The van der Waals surface area contributed by atoms with Crippen LogP contribution in [0.5, 0.6) is 0 Å². The molecule has 0 aliphatic heterocycles. The van der Waals surface area contributed by atoms with E-state index >= 15 is 0 Å². The van der Waals surface area contributed by atoms with E-state index < -0.39 is 0 Å². The number of rotatable bonds is 2. The summed E-state index contributed by atoms with van der Waals surface area (Å²) in [5, 5.41) is 2.35. The van der Waals surface area contributed by atoms with Gasteiger partial charge in [-0.3, -0.25) is 0 Å². The van der Waals surface area contributed by atoms with E-state index in [0.717, 1.165) is 5.56 Å². The Morgan fingerprint density at radius 3 is 2.57 bits per heavy atom. The number of carbonyl (C=O) groups excluding carboxylic acids is 1. The summed E-state index contributed by atoms with van der Waals surface area (Å²) in [6.07, 6.45) is 0.474. The van der Waals surface area contributed by atoms with Gasteiger partial charge in [0.15, 0.2) is 0 Å². The van der Waals surface area contributed by atoms with Crippen LogP contribution in [-0.4, -0.2) is 20.7 Å². The summed E-state index contributed by atoms with van der Waals surface area (Å²) in [6.45, 7) is 0.